The fourth-order valence-corrected chi connectivity index (χ4v) is 1.76. The van der Waals surface area contributed by atoms with Crippen LogP contribution in [-0.2, 0) is 19.2 Å². The Morgan fingerprint density at radius 2 is 1.70 bits per heavy atom. The van der Waals surface area contributed by atoms with Gasteiger partial charge in [-0.25, -0.2) is 0 Å². The molecule has 7 nitrogen and oxygen atoms in total. The first-order valence-electron chi connectivity index (χ1n) is 6.52. The van der Waals surface area contributed by atoms with Crippen LogP contribution in [-0.4, -0.2) is 46.8 Å². The highest BCUT2D eigenvalue weighted by atomic mass is 16.4. The van der Waals surface area contributed by atoms with Crippen LogP contribution in [0.1, 0.15) is 32.1 Å². The molecule has 0 atom stereocenters. The largest absolute Gasteiger partial charge is 0.481 e. The first-order valence-corrected chi connectivity index (χ1v) is 6.52. The molecule has 2 N–H and O–H groups in total. The lowest BCUT2D eigenvalue weighted by Gasteiger charge is -2.13. The Labute approximate surface area is 116 Å². The third-order valence-corrected chi connectivity index (χ3v) is 2.85. The Morgan fingerprint density at radius 3 is 2.30 bits per heavy atom. The number of imide groups is 1. The van der Waals surface area contributed by atoms with Crippen molar-refractivity contribution in [2.24, 2.45) is 0 Å². The van der Waals surface area contributed by atoms with Crippen LogP contribution in [0.2, 0.25) is 0 Å². The summed E-state index contributed by atoms with van der Waals surface area (Å²) in [5, 5.41) is 11.1. The van der Waals surface area contributed by atoms with Gasteiger partial charge in [0.05, 0.1) is 0 Å². The van der Waals surface area contributed by atoms with Crippen LogP contribution in [0.3, 0.4) is 0 Å². The normalized spacial score (nSPS) is 13.9. The van der Waals surface area contributed by atoms with E-state index in [4.69, 9.17) is 5.11 Å². The molecule has 0 spiro atoms. The molecular weight excluding hydrogens is 264 g/mol. The van der Waals surface area contributed by atoms with Crippen molar-refractivity contribution in [1.29, 1.82) is 0 Å². The predicted molar refractivity (Wildman–Crippen MR) is 69.6 cm³/mol. The summed E-state index contributed by atoms with van der Waals surface area (Å²) < 4.78 is 0. The second-order valence-corrected chi connectivity index (χ2v) is 4.47. The summed E-state index contributed by atoms with van der Waals surface area (Å²) in [6, 6.07) is 0. The van der Waals surface area contributed by atoms with Crippen LogP contribution in [0.25, 0.3) is 0 Å². The van der Waals surface area contributed by atoms with Gasteiger partial charge in [-0.05, 0) is 12.8 Å². The van der Waals surface area contributed by atoms with E-state index in [9.17, 15) is 19.2 Å². The molecule has 0 saturated carbocycles. The second kappa shape index (κ2) is 8.08. The van der Waals surface area contributed by atoms with Crippen molar-refractivity contribution in [1.82, 2.24) is 10.2 Å². The molecule has 7 heteroatoms. The fraction of sp³-hybridized carbons (Fsp3) is 0.538. The number of hydrogen-bond acceptors (Lipinski definition) is 4. The van der Waals surface area contributed by atoms with Gasteiger partial charge in [0.1, 0.15) is 0 Å². The van der Waals surface area contributed by atoms with Gasteiger partial charge in [-0.1, -0.05) is 6.42 Å². The number of nitrogens with one attached hydrogen (secondary N) is 1. The minimum Gasteiger partial charge on any atom is -0.481 e. The Bertz CT molecular complexity index is 412. The van der Waals surface area contributed by atoms with E-state index in [0.717, 1.165) is 11.3 Å². The van der Waals surface area contributed by atoms with Crippen LogP contribution in [0.15, 0.2) is 12.2 Å². The summed E-state index contributed by atoms with van der Waals surface area (Å²) in [5.41, 5.74) is 0. The average molecular weight is 282 g/mol. The van der Waals surface area contributed by atoms with Crippen molar-refractivity contribution in [3.05, 3.63) is 12.2 Å². The summed E-state index contributed by atoms with van der Waals surface area (Å²) in [6.07, 6.45) is 4.62. The highest BCUT2D eigenvalue weighted by Crippen LogP contribution is 2.04. The van der Waals surface area contributed by atoms with Gasteiger partial charge in [-0.15, -0.1) is 0 Å². The second-order valence-electron chi connectivity index (χ2n) is 4.47. The number of unbranched alkanes of at least 4 members (excludes halogenated alkanes) is 2. The van der Waals surface area contributed by atoms with Crippen molar-refractivity contribution in [2.45, 2.75) is 32.1 Å². The van der Waals surface area contributed by atoms with Crippen LogP contribution in [0, 0.1) is 0 Å². The lowest BCUT2D eigenvalue weighted by Crippen LogP contribution is -2.34. The predicted octanol–water partition coefficient (Wildman–Crippen LogP) is 0.0627. The maximum atomic E-state index is 11.5. The van der Waals surface area contributed by atoms with Gasteiger partial charge in [0, 0.05) is 38.1 Å². The Kier molecular flexibility index (Phi) is 6.42. The number of carbonyl (C=O) groups excluding carboxylic acids is 3. The summed E-state index contributed by atoms with van der Waals surface area (Å²) in [6.45, 7) is 0.550. The Hall–Kier alpha value is -2.18. The minimum absolute atomic E-state index is 0.0777. The molecule has 3 amide bonds. The number of carbonyl (C=O) groups is 4. The number of carboxylic acids is 1. The van der Waals surface area contributed by atoms with E-state index in [1.54, 1.807) is 0 Å². The molecule has 110 valence electrons. The Balaban J connectivity index is 2.05. The van der Waals surface area contributed by atoms with Gasteiger partial charge < -0.3 is 10.4 Å². The molecule has 20 heavy (non-hydrogen) atoms. The van der Waals surface area contributed by atoms with Gasteiger partial charge >= 0.3 is 5.97 Å². The highest BCUT2D eigenvalue weighted by molar-refractivity contribution is 6.13. The molecule has 0 aromatic heterocycles. The van der Waals surface area contributed by atoms with Crippen molar-refractivity contribution in [3.8, 4) is 0 Å². The number of aliphatic carboxylic acids is 1. The van der Waals surface area contributed by atoms with E-state index in [-0.39, 0.29) is 25.3 Å². The van der Waals surface area contributed by atoms with Crippen molar-refractivity contribution < 1.29 is 24.3 Å². The van der Waals surface area contributed by atoms with Crippen LogP contribution in [0.5, 0.6) is 0 Å². The van der Waals surface area contributed by atoms with Crippen molar-refractivity contribution in [3.63, 3.8) is 0 Å². The number of amides is 3. The zero-order chi connectivity index (χ0) is 15.0. The van der Waals surface area contributed by atoms with E-state index in [1.807, 2.05) is 0 Å². The van der Waals surface area contributed by atoms with E-state index >= 15 is 0 Å². The molecule has 0 aromatic rings. The SMILES string of the molecule is O=C(O)CCCCCNC(=O)CCN1C(=O)C=CC1=O. The standard InChI is InChI=1S/C13H18N2O5/c16-10(14-8-3-1-2-4-13(19)20)7-9-15-11(17)5-6-12(15)18/h5-6H,1-4,7-9H2,(H,14,16)(H,19,20). The first-order chi connectivity index (χ1) is 9.50. The molecule has 1 rings (SSSR count). The molecule has 1 aliphatic heterocycles. The highest BCUT2D eigenvalue weighted by Gasteiger charge is 2.23. The monoisotopic (exact) mass is 282 g/mol. The molecule has 1 aliphatic rings. The molecular formula is C13H18N2O5. The summed E-state index contributed by atoms with van der Waals surface area (Å²) >= 11 is 0. The van der Waals surface area contributed by atoms with E-state index in [2.05, 4.69) is 5.32 Å². The molecule has 0 aliphatic carbocycles. The average Bonchev–Trinajstić information content (AvgIpc) is 2.70. The number of nitrogens with zero attached hydrogens (tertiary/aromatic N) is 1. The van der Waals surface area contributed by atoms with Gasteiger partial charge in [-0.2, -0.15) is 0 Å². The summed E-state index contributed by atoms with van der Waals surface area (Å²) in [4.78, 5) is 45.2. The van der Waals surface area contributed by atoms with Gasteiger partial charge in [-0.3, -0.25) is 24.1 Å². The molecule has 0 fully saturated rings. The summed E-state index contributed by atoms with van der Waals surface area (Å²) in [5.74, 6) is -1.83. The zero-order valence-electron chi connectivity index (χ0n) is 11.1. The summed E-state index contributed by atoms with van der Waals surface area (Å²) in [7, 11) is 0. The number of rotatable bonds is 9. The van der Waals surface area contributed by atoms with Crippen molar-refractivity contribution in [2.75, 3.05) is 13.1 Å². The van der Waals surface area contributed by atoms with Gasteiger partial charge in [0.2, 0.25) is 5.91 Å². The third kappa shape index (κ3) is 5.64. The third-order valence-electron chi connectivity index (χ3n) is 2.85. The minimum atomic E-state index is -0.817. The molecule has 1 heterocycles. The topological polar surface area (TPSA) is 104 Å². The quantitative estimate of drug-likeness (QED) is 0.460. The lowest BCUT2D eigenvalue weighted by atomic mass is 10.2. The van der Waals surface area contributed by atoms with Crippen LogP contribution >= 0.6 is 0 Å². The first kappa shape index (κ1) is 15.9. The van der Waals surface area contributed by atoms with Crippen LogP contribution < -0.4 is 5.32 Å². The lowest BCUT2D eigenvalue weighted by molar-refractivity contribution is -0.138. The van der Waals surface area contributed by atoms with Crippen LogP contribution in [0.4, 0.5) is 0 Å². The molecule has 0 radical (unpaired) electrons. The number of hydrogen-bond donors (Lipinski definition) is 2. The van der Waals surface area contributed by atoms with E-state index < -0.39 is 17.8 Å². The maximum absolute atomic E-state index is 11.5. The fourth-order valence-electron chi connectivity index (χ4n) is 1.76. The molecule has 0 saturated heterocycles. The number of carboxylic acid groups (broad SMARTS) is 1. The van der Waals surface area contributed by atoms with E-state index in [1.165, 1.54) is 12.2 Å². The van der Waals surface area contributed by atoms with Crippen molar-refractivity contribution >= 4 is 23.7 Å². The van der Waals surface area contributed by atoms with Gasteiger partial charge in [0.25, 0.3) is 11.8 Å². The maximum Gasteiger partial charge on any atom is 0.303 e. The van der Waals surface area contributed by atoms with E-state index in [0.29, 0.717) is 19.4 Å². The smallest absolute Gasteiger partial charge is 0.303 e. The molecule has 0 unspecified atom stereocenters. The molecule has 0 aromatic carbocycles. The molecule has 0 bridgehead atoms. The van der Waals surface area contributed by atoms with Gasteiger partial charge in [0.15, 0.2) is 0 Å². The zero-order valence-corrected chi connectivity index (χ0v) is 11.1. The Morgan fingerprint density at radius 1 is 1.05 bits per heavy atom.